The summed E-state index contributed by atoms with van der Waals surface area (Å²) in [5, 5.41) is 2.98. The molecule has 0 fully saturated rings. The zero-order valence-corrected chi connectivity index (χ0v) is 15.2. The van der Waals surface area contributed by atoms with Crippen molar-refractivity contribution in [2.24, 2.45) is 0 Å². The number of hydrogen-bond acceptors (Lipinski definition) is 2. The summed E-state index contributed by atoms with van der Waals surface area (Å²) in [5.74, 6) is 0.825. The van der Waals surface area contributed by atoms with E-state index in [4.69, 9.17) is 4.98 Å². The lowest BCUT2D eigenvalue weighted by Gasteiger charge is -2.10. The third kappa shape index (κ3) is 3.67. The third-order valence-electron chi connectivity index (χ3n) is 3.89. The van der Waals surface area contributed by atoms with Crippen molar-refractivity contribution in [3.8, 4) is 11.4 Å². The Hall–Kier alpha value is -2.14. The van der Waals surface area contributed by atoms with Gasteiger partial charge in [0.25, 0.3) is 0 Å². The SMILES string of the molecule is CCCCNC(=O)Cn1c(-c2cccc(Br)c2)nc2ccccc21. The maximum Gasteiger partial charge on any atom is 0.240 e. The van der Waals surface area contributed by atoms with E-state index >= 15 is 0 Å². The van der Waals surface area contributed by atoms with E-state index in [0.29, 0.717) is 6.54 Å². The van der Waals surface area contributed by atoms with E-state index in [1.807, 2.05) is 53.1 Å². The van der Waals surface area contributed by atoms with Crippen molar-refractivity contribution in [1.82, 2.24) is 14.9 Å². The number of nitrogens with zero attached hydrogens (tertiary/aromatic N) is 2. The van der Waals surface area contributed by atoms with Gasteiger partial charge in [0.1, 0.15) is 12.4 Å². The molecule has 3 rings (SSSR count). The fourth-order valence-electron chi connectivity index (χ4n) is 2.69. The second-order valence-electron chi connectivity index (χ2n) is 5.72. The van der Waals surface area contributed by atoms with Crippen LogP contribution in [0.5, 0.6) is 0 Å². The number of aromatic nitrogens is 2. The van der Waals surface area contributed by atoms with Gasteiger partial charge in [0.2, 0.25) is 5.91 Å². The number of rotatable bonds is 6. The lowest BCUT2D eigenvalue weighted by Crippen LogP contribution is -2.28. The van der Waals surface area contributed by atoms with Gasteiger partial charge in [-0.15, -0.1) is 0 Å². The zero-order valence-electron chi connectivity index (χ0n) is 13.6. The first-order chi connectivity index (χ1) is 11.7. The van der Waals surface area contributed by atoms with Crippen LogP contribution >= 0.6 is 15.9 Å². The molecular formula is C19H20BrN3O. The van der Waals surface area contributed by atoms with Crippen LogP contribution in [0.25, 0.3) is 22.4 Å². The molecule has 1 amide bonds. The Morgan fingerprint density at radius 3 is 2.83 bits per heavy atom. The van der Waals surface area contributed by atoms with Gasteiger partial charge in [-0.1, -0.05) is 53.5 Å². The highest BCUT2D eigenvalue weighted by Crippen LogP contribution is 2.26. The smallest absolute Gasteiger partial charge is 0.240 e. The van der Waals surface area contributed by atoms with Crippen LogP contribution < -0.4 is 5.32 Å². The summed E-state index contributed by atoms with van der Waals surface area (Å²) in [6.45, 7) is 3.10. The third-order valence-corrected chi connectivity index (χ3v) is 4.38. The molecular weight excluding hydrogens is 366 g/mol. The number of para-hydroxylation sites is 2. The normalized spacial score (nSPS) is 10.9. The maximum absolute atomic E-state index is 12.3. The highest BCUT2D eigenvalue weighted by atomic mass is 79.9. The second kappa shape index (κ2) is 7.62. The molecule has 2 aromatic carbocycles. The number of carbonyl (C=O) groups is 1. The summed E-state index contributed by atoms with van der Waals surface area (Å²) >= 11 is 3.50. The summed E-state index contributed by atoms with van der Waals surface area (Å²) in [6.07, 6.45) is 2.06. The standard InChI is InChI=1S/C19H20BrN3O/c1-2-3-11-21-18(24)13-23-17-10-5-4-9-16(17)22-19(23)14-7-6-8-15(20)12-14/h4-10,12H,2-3,11,13H2,1H3,(H,21,24). The molecule has 4 nitrogen and oxygen atoms in total. The van der Waals surface area contributed by atoms with Crippen LogP contribution in [0.15, 0.2) is 53.0 Å². The van der Waals surface area contributed by atoms with Crippen molar-refractivity contribution in [3.63, 3.8) is 0 Å². The number of imidazole rings is 1. The van der Waals surface area contributed by atoms with Crippen LogP contribution in [0.1, 0.15) is 19.8 Å². The zero-order chi connectivity index (χ0) is 16.9. The Balaban J connectivity index is 1.98. The van der Waals surface area contributed by atoms with Crippen molar-refractivity contribution in [2.75, 3.05) is 6.54 Å². The van der Waals surface area contributed by atoms with Crippen LogP contribution in [0.2, 0.25) is 0 Å². The highest BCUT2D eigenvalue weighted by Gasteiger charge is 2.15. The molecule has 0 spiro atoms. The predicted molar refractivity (Wildman–Crippen MR) is 101 cm³/mol. The van der Waals surface area contributed by atoms with E-state index in [2.05, 4.69) is 28.2 Å². The van der Waals surface area contributed by atoms with Gasteiger partial charge in [-0.25, -0.2) is 4.98 Å². The topological polar surface area (TPSA) is 46.9 Å². The summed E-state index contributed by atoms with van der Waals surface area (Å²) in [6, 6.07) is 15.9. The molecule has 1 N–H and O–H groups in total. The number of nitrogens with one attached hydrogen (secondary N) is 1. The van der Waals surface area contributed by atoms with Gasteiger partial charge < -0.3 is 9.88 Å². The van der Waals surface area contributed by atoms with E-state index < -0.39 is 0 Å². The van der Waals surface area contributed by atoms with Gasteiger partial charge in [-0.3, -0.25) is 4.79 Å². The summed E-state index contributed by atoms with van der Waals surface area (Å²) in [7, 11) is 0. The average Bonchev–Trinajstić information content (AvgIpc) is 2.94. The average molecular weight is 386 g/mol. The van der Waals surface area contributed by atoms with E-state index in [0.717, 1.165) is 39.7 Å². The van der Waals surface area contributed by atoms with Gasteiger partial charge in [0, 0.05) is 16.6 Å². The molecule has 1 aromatic heterocycles. The number of benzene rings is 2. The molecule has 0 saturated heterocycles. The molecule has 1 heterocycles. The fourth-order valence-corrected chi connectivity index (χ4v) is 3.09. The van der Waals surface area contributed by atoms with Crippen LogP contribution in [-0.4, -0.2) is 22.0 Å². The van der Waals surface area contributed by atoms with Crippen molar-refractivity contribution in [2.45, 2.75) is 26.3 Å². The van der Waals surface area contributed by atoms with E-state index in [1.165, 1.54) is 0 Å². The lowest BCUT2D eigenvalue weighted by molar-refractivity contribution is -0.121. The number of carbonyl (C=O) groups excluding carboxylic acids is 1. The van der Waals surface area contributed by atoms with E-state index in [-0.39, 0.29) is 12.5 Å². The largest absolute Gasteiger partial charge is 0.355 e. The van der Waals surface area contributed by atoms with E-state index in [9.17, 15) is 4.79 Å². The number of fused-ring (bicyclic) bond motifs is 1. The molecule has 5 heteroatoms. The van der Waals surface area contributed by atoms with Gasteiger partial charge in [0.15, 0.2) is 0 Å². The second-order valence-corrected chi connectivity index (χ2v) is 6.64. The minimum Gasteiger partial charge on any atom is -0.355 e. The molecule has 0 aliphatic carbocycles. The van der Waals surface area contributed by atoms with Gasteiger partial charge in [-0.05, 0) is 30.7 Å². The number of amides is 1. The first kappa shape index (κ1) is 16.7. The molecule has 0 radical (unpaired) electrons. The quantitative estimate of drug-likeness (QED) is 0.639. The van der Waals surface area contributed by atoms with Crippen molar-refractivity contribution in [3.05, 3.63) is 53.0 Å². The summed E-state index contributed by atoms with van der Waals surface area (Å²) in [5.41, 5.74) is 2.86. The Morgan fingerprint density at radius 2 is 2.04 bits per heavy atom. The maximum atomic E-state index is 12.3. The molecule has 3 aromatic rings. The molecule has 0 aliphatic heterocycles. The molecule has 24 heavy (non-hydrogen) atoms. The van der Waals surface area contributed by atoms with Gasteiger partial charge in [0.05, 0.1) is 11.0 Å². The highest BCUT2D eigenvalue weighted by molar-refractivity contribution is 9.10. The molecule has 0 aliphatic rings. The van der Waals surface area contributed by atoms with Gasteiger partial charge >= 0.3 is 0 Å². The van der Waals surface area contributed by atoms with Crippen molar-refractivity contribution < 1.29 is 4.79 Å². The van der Waals surface area contributed by atoms with Crippen molar-refractivity contribution in [1.29, 1.82) is 0 Å². The number of halogens is 1. The Bertz CT molecular complexity index is 857. The van der Waals surface area contributed by atoms with Crippen LogP contribution in [-0.2, 0) is 11.3 Å². The minimum atomic E-state index is 0.0165. The summed E-state index contributed by atoms with van der Waals surface area (Å²) < 4.78 is 2.98. The fraction of sp³-hybridized carbons (Fsp3) is 0.263. The molecule has 0 saturated carbocycles. The lowest BCUT2D eigenvalue weighted by atomic mass is 10.2. The Morgan fingerprint density at radius 1 is 1.21 bits per heavy atom. The Labute approximate surface area is 150 Å². The van der Waals surface area contributed by atoms with Crippen LogP contribution in [0, 0.1) is 0 Å². The van der Waals surface area contributed by atoms with E-state index in [1.54, 1.807) is 0 Å². The molecule has 124 valence electrons. The molecule has 0 bridgehead atoms. The molecule has 0 atom stereocenters. The van der Waals surface area contributed by atoms with Crippen LogP contribution in [0.4, 0.5) is 0 Å². The van der Waals surface area contributed by atoms with Gasteiger partial charge in [-0.2, -0.15) is 0 Å². The number of unbranched alkanes of at least 4 members (excludes halogenated alkanes) is 1. The molecule has 0 unspecified atom stereocenters. The van der Waals surface area contributed by atoms with Crippen molar-refractivity contribution >= 4 is 32.9 Å². The summed E-state index contributed by atoms with van der Waals surface area (Å²) in [4.78, 5) is 17.0. The number of hydrogen-bond donors (Lipinski definition) is 1. The minimum absolute atomic E-state index is 0.0165. The monoisotopic (exact) mass is 385 g/mol. The first-order valence-corrected chi connectivity index (χ1v) is 8.96. The first-order valence-electron chi connectivity index (χ1n) is 8.17. The van der Waals surface area contributed by atoms with Crippen LogP contribution in [0.3, 0.4) is 0 Å². The Kier molecular flexibility index (Phi) is 5.30. The predicted octanol–water partition coefficient (Wildman–Crippen LogP) is 4.38.